The van der Waals surface area contributed by atoms with Crippen LogP contribution in [0, 0.1) is 5.82 Å². The van der Waals surface area contributed by atoms with Crippen LogP contribution < -0.4 is 10.0 Å². The minimum atomic E-state index is -4.03. The van der Waals surface area contributed by atoms with Gasteiger partial charge in [-0.05, 0) is 31.0 Å². The van der Waals surface area contributed by atoms with Gasteiger partial charge in [0.1, 0.15) is 12.4 Å². The minimum Gasteiger partial charge on any atom is -0.455 e. The van der Waals surface area contributed by atoms with Crippen LogP contribution in [0.2, 0.25) is 0 Å². The number of hydrogen-bond acceptors (Lipinski definition) is 5. The van der Waals surface area contributed by atoms with Crippen LogP contribution in [0.25, 0.3) is 0 Å². The first kappa shape index (κ1) is 18.3. The second kappa shape index (κ2) is 8.20. The zero-order valence-corrected chi connectivity index (χ0v) is 13.8. The third-order valence-corrected chi connectivity index (χ3v) is 5.00. The summed E-state index contributed by atoms with van der Waals surface area (Å²) >= 11 is 0. The largest absolute Gasteiger partial charge is 0.455 e. The number of rotatable bonds is 7. The summed E-state index contributed by atoms with van der Waals surface area (Å²) in [5.41, 5.74) is 0. The normalized spacial score (nSPS) is 15.2. The van der Waals surface area contributed by atoms with Crippen molar-refractivity contribution in [1.29, 1.82) is 0 Å². The van der Waals surface area contributed by atoms with Gasteiger partial charge in [0.25, 0.3) is 5.91 Å². The maximum Gasteiger partial charge on any atom is 0.321 e. The molecule has 0 radical (unpaired) electrons. The Bertz CT molecular complexity index is 702. The van der Waals surface area contributed by atoms with Crippen molar-refractivity contribution in [1.82, 2.24) is 10.0 Å². The lowest BCUT2D eigenvalue weighted by Gasteiger charge is -2.12. The van der Waals surface area contributed by atoms with Gasteiger partial charge < -0.3 is 10.1 Å². The van der Waals surface area contributed by atoms with E-state index in [2.05, 4.69) is 5.32 Å². The van der Waals surface area contributed by atoms with Crippen molar-refractivity contribution in [3.05, 3.63) is 30.1 Å². The number of sulfonamides is 1. The quantitative estimate of drug-likeness (QED) is 0.699. The number of ether oxygens (including phenoxy) is 1. The van der Waals surface area contributed by atoms with Gasteiger partial charge in [-0.1, -0.05) is 18.9 Å². The number of esters is 1. The van der Waals surface area contributed by atoms with E-state index in [9.17, 15) is 22.4 Å². The number of amides is 1. The van der Waals surface area contributed by atoms with Gasteiger partial charge in [0.15, 0.2) is 6.61 Å². The Balaban J connectivity index is 1.75. The number of benzene rings is 1. The van der Waals surface area contributed by atoms with E-state index in [0.29, 0.717) is 0 Å². The van der Waals surface area contributed by atoms with Crippen molar-refractivity contribution >= 4 is 21.9 Å². The Morgan fingerprint density at radius 1 is 1.25 bits per heavy atom. The van der Waals surface area contributed by atoms with Crippen LogP contribution in [0.1, 0.15) is 25.7 Å². The van der Waals surface area contributed by atoms with Gasteiger partial charge in [0.2, 0.25) is 10.0 Å². The molecule has 1 saturated carbocycles. The molecule has 2 rings (SSSR count). The summed E-state index contributed by atoms with van der Waals surface area (Å²) in [5, 5.41) is 2.74. The van der Waals surface area contributed by atoms with Crippen molar-refractivity contribution in [3.63, 3.8) is 0 Å². The van der Waals surface area contributed by atoms with Gasteiger partial charge >= 0.3 is 5.97 Å². The summed E-state index contributed by atoms with van der Waals surface area (Å²) in [6.45, 7) is -1.10. The molecule has 24 heavy (non-hydrogen) atoms. The van der Waals surface area contributed by atoms with Gasteiger partial charge in [-0.2, -0.15) is 4.72 Å². The van der Waals surface area contributed by atoms with E-state index in [-0.39, 0.29) is 10.9 Å². The first-order chi connectivity index (χ1) is 11.4. The monoisotopic (exact) mass is 358 g/mol. The highest BCUT2D eigenvalue weighted by Crippen LogP contribution is 2.17. The molecule has 9 heteroatoms. The van der Waals surface area contributed by atoms with Crippen LogP contribution in [0.5, 0.6) is 0 Å². The van der Waals surface area contributed by atoms with E-state index in [1.54, 1.807) is 0 Å². The summed E-state index contributed by atoms with van der Waals surface area (Å²) in [4.78, 5) is 22.8. The lowest BCUT2D eigenvalue weighted by atomic mass is 10.2. The van der Waals surface area contributed by atoms with Crippen LogP contribution in [0.15, 0.2) is 29.2 Å². The molecule has 2 N–H and O–H groups in total. The number of carbonyl (C=O) groups excluding carboxylic acids is 2. The van der Waals surface area contributed by atoms with Gasteiger partial charge in [0, 0.05) is 6.04 Å². The second-order valence-electron chi connectivity index (χ2n) is 5.49. The molecule has 0 bridgehead atoms. The molecule has 1 aromatic rings. The highest BCUT2D eigenvalue weighted by atomic mass is 32.2. The highest BCUT2D eigenvalue weighted by Gasteiger charge is 2.19. The Morgan fingerprint density at radius 2 is 1.96 bits per heavy atom. The Labute approximate surface area is 139 Å². The molecule has 1 fully saturated rings. The van der Waals surface area contributed by atoms with Crippen LogP contribution in [-0.4, -0.2) is 39.5 Å². The maximum atomic E-state index is 13.0. The molecule has 0 atom stereocenters. The van der Waals surface area contributed by atoms with Crippen molar-refractivity contribution < 1.29 is 27.1 Å². The Morgan fingerprint density at radius 3 is 2.62 bits per heavy atom. The lowest BCUT2D eigenvalue weighted by molar-refractivity contribution is -0.147. The summed E-state index contributed by atoms with van der Waals surface area (Å²) in [5.74, 6) is -2.01. The molecule has 132 valence electrons. The summed E-state index contributed by atoms with van der Waals surface area (Å²) in [7, 11) is -4.03. The average molecular weight is 358 g/mol. The van der Waals surface area contributed by atoms with Crippen LogP contribution >= 0.6 is 0 Å². The van der Waals surface area contributed by atoms with Gasteiger partial charge in [-0.3, -0.25) is 9.59 Å². The topological polar surface area (TPSA) is 102 Å². The fourth-order valence-electron chi connectivity index (χ4n) is 2.41. The molecule has 0 spiro atoms. The zero-order valence-electron chi connectivity index (χ0n) is 13.0. The molecule has 7 nitrogen and oxygen atoms in total. The molecular formula is C15H19FN2O5S. The third kappa shape index (κ3) is 5.57. The maximum absolute atomic E-state index is 13.0. The van der Waals surface area contributed by atoms with Gasteiger partial charge in [-0.15, -0.1) is 0 Å². The van der Waals surface area contributed by atoms with Gasteiger partial charge in [0.05, 0.1) is 4.90 Å². The smallest absolute Gasteiger partial charge is 0.321 e. The summed E-state index contributed by atoms with van der Waals surface area (Å²) in [6.07, 6.45) is 3.94. The molecule has 0 aromatic heterocycles. The molecule has 0 aliphatic heterocycles. The number of carbonyl (C=O) groups is 2. The highest BCUT2D eigenvalue weighted by molar-refractivity contribution is 7.89. The van der Waals surface area contributed by atoms with Crippen molar-refractivity contribution in [3.8, 4) is 0 Å². The number of halogens is 1. The third-order valence-electron chi connectivity index (χ3n) is 3.60. The minimum absolute atomic E-state index is 0.114. The predicted molar refractivity (Wildman–Crippen MR) is 82.9 cm³/mol. The number of hydrogen-bond donors (Lipinski definition) is 2. The molecule has 1 aliphatic carbocycles. The molecule has 1 aromatic carbocycles. The average Bonchev–Trinajstić information content (AvgIpc) is 3.04. The number of nitrogens with one attached hydrogen (secondary N) is 2. The lowest BCUT2D eigenvalue weighted by Crippen LogP contribution is -2.37. The molecule has 1 amide bonds. The predicted octanol–water partition coefficient (Wildman–Crippen LogP) is 0.706. The Kier molecular flexibility index (Phi) is 6.27. The molecule has 0 saturated heterocycles. The van der Waals surface area contributed by atoms with E-state index in [0.717, 1.165) is 37.8 Å². The fraction of sp³-hybridized carbons (Fsp3) is 0.467. The SMILES string of the molecule is O=C(COC(=O)CNS(=O)(=O)c1cccc(F)c1)NC1CCCC1. The van der Waals surface area contributed by atoms with Crippen molar-refractivity contribution in [2.45, 2.75) is 36.6 Å². The first-order valence-electron chi connectivity index (χ1n) is 7.57. The Hall–Kier alpha value is -2.00. The van der Waals surface area contributed by atoms with Crippen LogP contribution in [-0.2, 0) is 24.3 Å². The van der Waals surface area contributed by atoms with Crippen LogP contribution in [0.3, 0.4) is 0 Å². The summed E-state index contributed by atoms with van der Waals surface area (Å²) < 4.78 is 43.5. The fourth-order valence-corrected chi connectivity index (χ4v) is 3.41. The van der Waals surface area contributed by atoms with Crippen molar-refractivity contribution in [2.24, 2.45) is 0 Å². The standard InChI is InChI=1S/C15H19FN2O5S/c16-11-4-3-7-13(8-11)24(21,22)17-9-15(20)23-10-14(19)18-12-5-1-2-6-12/h3-4,7-8,12,17H,1-2,5-6,9-10H2,(H,18,19). The van der Waals surface area contributed by atoms with Gasteiger partial charge in [-0.25, -0.2) is 12.8 Å². The van der Waals surface area contributed by atoms with E-state index in [1.807, 2.05) is 4.72 Å². The van der Waals surface area contributed by atoms with E-state index in [4.69, 9.17) is 4.74 Å². The summed E-state index contributed by atoms with van der Waals surface area (Å²) in [6, 6.07) is 4.50. The first-order valence-corrected chi connectivity index (χ1v) is 9.05. The van der Waals surface area contributed by atoms with Crippen LogP contribution in [0.4, 0.5) is 4.39 Å². The van der Waals surface area contributed by atoms with E-state index < -0.39 is 40.9 Å². The molecule has 1 aliphatic rings. The zero-order chi connectivity index (χ0) is 17.6. The molecule has 0 unspecified atom stereocenters. The van der Waals surface area contributed by atoms with E-state index in [1.165, 1.54) is 12.1 Å². The molecule has 0 heterocycles. The van der Waals surface area contributed by atoms with E-state index >= 15 is 0 Å². The molecular weight excluding hydrogens is 339 g/mol. The second-order valence-corrected chi connectivity index (χ2v) is 7.26. The van der Waals surface area contributed by atoms with Crippen molar-refractivity contribution in [2.75, 3.05) is 13.2 Å².